The number of rotatable bonds is 0. The molecule has 0 aromatic heterocycles. The van der Waals surface area contributed by atoms with Gasteiger partial charge in [-0.2, -0.15) is 0 Å². The Balaban J connectivity index is 0.000000461. The molecule has 2 aliphatic heterocycles. The fourth-order valence-corrected chi connectivity index (χ4v) is 2.51. The van der Waals surface area contributed by atoms with Crippen molar-refractivity contribution in [1.29, 1.82) is 0 Å². The number of likely N-dealkylation sites (tertiary alicyclic amines) is 1. The third-order valence-corrected chi connectivity index (χ3v) is 3.56. The summed E-state index contributed by atoms with van der Waals surface area (Å²) < 4.78 is 0. The average molecular weight is 196 g/mol. The summed E-state index contributed by atoms with van der Waals surface area (Å²) in [5, 5.41) is 3.41. The molecule has 2 rings (SSSR count). The monoisotopic (exact) mass is 196 g/mol. The van der Waals surface area contributed by atoms with Crippen molar-refractivity contribution in [1.82, 2.24) is 10.2 Å². The van der Waals surface area contributed by atoms with Crippen LogP contribution in [0.25, 0.3) is 0 Å². The molecular weight excluding hydrogens is 172 g/mol. The minimum Gasteiger partial charge on any atom is -0.378 e. The summed E-state index contributed by atoms with van der Waals surface area (Å²) in [6.45, 7) is 11.8. The molecule has 2 saturated heterocycles. The van der Waals surface area contributed by atoms with Gasteiger partial charge in [-0.15, -0.1) is 0 Å². The molecule has 0 aromatic rings. The van der Waals surface area contributed by atoms with E-state index in [0.717, 1.165) is 0 Å². The molecule has 0 radical (unpaired) electrons. The van der Waals surface area contributed by atoms with Crippen LogP contribution in [0, 0.1) is 5.41 Å². The predicted molar refractivity (Wildman–Crippen MR) is 62.3 cm³/mol. The summed E-state index contributed by atoms with van der Waals surface area (Å²) in [6, 6.07) is 0. The zero-order chi connectivity index (χ0) is 10.6. The zero-order valence-corrected chi connectivity index (χ0v) is 9.90. The molecule has 1 N–H and O–H groups in total. The molecule has 2 fully saturated rings. The van der Waals surface area contributed by atoms with Gasteiger partial charge in [-0.1, -0.05) is 20.4 Å². The molecule has 0 aromatic carbocycles. The minimum atomic E-state index is 0.472. The van der Waals surface area contributed by atoms with Crippen molar-refractivity contribution in [2.45, 2.75) is 33.1 Å². The highest BCUT2D eigenvalue weighted by molar-refractivity contribution is 5.15. The van der Waals surface area contributed by atoms with E-state index in [0.29, 0.717) is 5.41 Å². The van der Waals surface area contributed by atoms with Gasteiger partial charge in [0.1, 0.15) is 0 Å². The lowest BCUT2D eigenvalue weighted by atomic mass is 9.76. The second kappa shape index (κ2) is 4.83. The van der Waals surface area contributed by atoms with E-state index >= 15 is 0 Å². The van der Waals surface area contributed by atoms with Gasteiger partial charge in [-0.3, -0.25) is 0 Å². The molecule has 1 spiro atoms. The normalized spacial score (nSPS) is 24.8. The molecule has 0 atom stereocenters. The number of piperidine rings is 1. The lowest BCUT2D eigenvalue weighted by molar-refractivity contribution is 0.258. The fraction of sp³-hybridized carbons (Fsp3) is 0.833. The van der Waals surface area contributed by atoms with Crippen LogP contribution in [-0.4, -0.2) is 31.6 Å². The van der Waals surface area contributed by atoms with Gasteiger partial charge in [0.05, 0.1) is 0 Å². The third-order valence-electron chi connectivity index (χ3n) is 3.56. The highest BCUT2D eigenvalue weighted by atomic mass is 15.1. The van der Waals surface area contributed by atoms with Crippen LogP contribution in [0.3, 0.4) is 0 Å². The molecule has 14 heavy (non-hydrogen) atoms. The van der Waals surface area contributed by atoms with Crippen molar-refractivity contribution in [3.05, 3.63) is 12.3 Å². The number of hydrogen-bond donors (Lipinski definition) is 1. The van der Waals surface area contributed by atoms with Gasteiger partial charge >= 0.3 is 0 Å². The Morgan fingerprint density at radius 3 is 2.21 bits per heavy atom. The average Bonchev–Trinajstić information content (AvgIpc) is 2.52. The maximum absolute atomic E-state index is 4.21. The minimum absolute atomic E-state index is 0.472. The smallest absolute Gasteiger partial charge is 0.0180 e. The van der Waals surface area contributed by atoms with Gasteiger partial charge in [0.25, 0.3) is 0 Å². The van der Waals surface area contributed by atoms with Gasteiger partial charge in [-0.05, 0) is 32.4 Å². The summed E-state index contributed by atoms with van der Waals surface area (Å²) in [5.74, 6) is 0. The summed E-state index contributed by atoms with van der Waals surface area (Å²) in [5.41, 5.74) is 1.85. The summed E-state index contributed by atoms with van der Waals surface area (Å²) >= 11 is 0. The van der Waals surface area contributed by atoms with E-state index < -0.39 is 0 Å². The van der Waals surface area contributed by atoms with E-state index in [4.69, 9.17) is 0 Å². The van der Waals surface area contributed by atoms with Crippen LogP contribution in [0.4, 0.5) is 0 Å². The van der Waals surface area contributed by atoms with Crippen LogP contribution in [0.15, 0.2) is 12.3 Å². The first-order chi connectivity index (χ1) is 6.75. The fourth-order valence-electron chi connectivity index (χ4n) is 2.51. The highest BCUT2D eigenvalue weighted by Gasteiger charge is 2.40. The first-order valence-electron chi connectivity index (χ1n) is 5.86. The van der Waals surface area contributed by atoms with Gasteiger partial charge in [0.2, 0.25) is 0 Å². The lowest BCUT2D eigenvalue weighted by Gasteiger charge is -2.35. The lowest BCUT2D eigenvalue weighted by Crippen LogP contribution is -2.36. The highest BCUT2D eigenvalue weighted by Crippen LogP contribution is 2.45. The van der Waals surface area contributed by atoms with Crippen LogP contribution < -0.4 is 5.32 Å². The van der Waals surface area contributed by atoms with Crippen LogP contribution in [0.5, 0.6) is 0 Å². The SMILES string of the molecule is C=C1N(C)CCC12CCNCC2.CC. The second-order valence-corrected chi connectivity index (χ2v) is 4.15. The first kappa shape index (κ1) is 11.6. The van der Waals surface area contributed by atoms with Gasteiger partial charge in [-0.25, -0.2) is 0 Å². The standard InChI is InChI=1S/C10H18N2.C2H6/c1-9-10(5-8-12(9)2)3-6-11-7-4-10;1-2/h11H,1,3-8H2,2H3;1-2H3. The molecule has 2 nitrogen and oxygen atoms in total. The Labute approximate surface area is 88.4 Å². The van der Waals surface area contributed by atoms with Crippen LogP contribution in [-0.2, 0) is 0 Å². The van der Waals surface area contributed by atoms with Crippen molar-refractivity contribution < 1.29 is 0 Å². The van der Waals surface area contributed by atoms with Crippen molar-refractivity contribution in [3.8, 4) is 0 Å². The maximum Gasteiger partial charge on any atom is 0.0180 e. The van der Waals surface area contributed by atoms with Crippen LogP contribution in [0.1, 0.15) is 33.1 Å². The molecule has 0 unspecified atom stereocenters. The van der Waals surface area contributed by atoms with E-state index in [-0.39, 0.29) is 0 Å². The Morgan fingerprint density at radius 1 is 1.21 bits per heavy atom. The molecule has 2 aliphatic rings. The van der Waals surface area contributed by atoms with E-state index in [1.807, 2.05) is 13.8 Å². The number of allylic oxidation sites excluding steroid dienone is 1. The molecular formula is C12H24N2. The van der Waals surface area contributed by atoms with E-state index in [9.17, 15) is 0 Å². The van der Waals surface area contributed by atoms with Crippen molar-refractivity contribution in [2.75, 3.05) is 26.7 Å². The maximum atomic E-state index is 4.21. The molecule has 2 heterocycles. The van der Waals surface area contributed by atoms with E-state index in [1.165, 1.54) is 44.6 Å². The first-order valence-corrected chi connectivity index (χ1v) is 5.86. The topological polar surface area (TPSA) is 15.3 Å². The second-order valence-electron chi connectivity index (χ2n) is 4.15. The van der Waals surface area contributed by atoms with Crippen LogP contribution in [0.2, 0.25) is 0 Å². The number of nitrogens with zero attached hydrogens (tertiary/aromatic N) is 1. The molecule has 82 valence electrons. The quantitative estimate of drug-likeness (QED) is 0.639. The Bertz CT molecular complexity index is 187. The Kier molecular flexibility index (Phi) is 3.99. The van der Waals surface area contributed by atoms with Gasteiger partial charge in [0, 0.05) is 24.7 Å². The molecule has 0 bridgehead atoms. The van der Waals surface area contributed by atoms with Crippen molar-refractivity contribution >= 4 is 0 Å². The summed E-state index contributed by atoms with van der Waals surface area (Å²) in [6.07, 6.45) is 3.90. The molecule has 0 amide bonds. The van der Waals surface area contributed by atoms with Crippen molar-refractivity contribution in [2.24, 2.45) is 5.41 Å². The van der Waals surface area contributed by atoms with Gasteiger partial charge < -0.3 is 10.2 Å². The third kappa shape index (κ3) is 1.95. The molecule has 2 heteroatoms. The molecule has 0 aliphatic carbocycles. The molecule has 0 saturated carbocycles. The number of nitrogens with one attached hydrogen (secondary N) is 1. The Morgan fingerprint density at radius 2 is 1.79 bits per heavy atom. The van der Waals surface area contributed by atoms with E-state index in [1.54, 1.807) is 0 Å². The van der Waals surface area contributed by atoms with Crippen molar-refractivity contribution in [3.63, 3.8) is 0 Å². The Hall–Kier alpha value is -0.500. The largest absolute Gasteiger partial charge is 0.378 e. The predicted octanol–water partition coefficient (Wildman–Crippen LogP) is 2.23. The van der Waals surface area contributed by atoms with E-state index in [2.05, 4.69) is 23.8 Å². The van der Waals surface area contributed by atoms with Crippen LogP contribution >= 0.6 is 0 Å². The summed E-state index contributed by atoms with van der Waals surface area (Å²) in [7, 11) is 2.17. The summed E-state index contributed by atoms with van der Waals surface area (Å²) in [4.78, 5) is 2.32. The zero-order valence-electron chi connectivity index (χ0n) is 9.90. The number of hydrogen-bond acceptors (Lipinski definition) is 2. The van der Waals surface area contributed by atoms with Gasteiger partial charge in [0.15, 0.2) is 0 Å².